The zero-order valence-corrected chi connectivity index (χ0v) is 25.8. The van der Waals surface area contributed by atoms with E-state index in [4.69, 9.17) is 46.1 Å². The number of nitrogens with two attached hydrogens (primary N) is 4. The van der Waals surface area contributed by atoms with Gasteiger partial charge in [0.1, 0.15) is 61.0 Å². The lowest BCUT2D eigenvalue weighted by atomic mass is 9.84. The van der Waals surface area contributed by atoms with Crippen molar-refractivity contribution in [3.63, 3.8) is 0 Å². The molecule has 0 aromatic rings. The van der Waals surface area contributed by atoms with Gasteiger partial charge in [-0.05, 0) is 12.8 Å². The van der Waals surface area contributed by atoms with Gasteiger partial charge in [-0.15, -0.1) is 0 Å². The van der Waals surface area contributed by atoms with E-state index in [1.807, 2.05) is 0 Å². The van der Waals surface area contributed by atoms with Crippen LogP contribution in [-0.2, 0) is 33.2 Å². The van der Waals surface area contributed by atoms with E-state index in [1.165, 1.54) is 0 Å². The third-order valence-corrected chi connectivity index (χ3v) is 9.75. The number of rotatable bonds is 15. The van der Waals surface area contributed by atoms with E-state index in [0.717, 1.165) is 32.1 Å². The number of hydrogen-bond donors (Lipinski definition) is 10. The molecule has 18 heteroatoms. The first-order chi connectivity index (χ1) is 20.7. The molecule has 44 heavy (non-hydrogen) atoms. The van der Waals surface area contributed by atoms with E-state index in [9.17, 15) is 39.1 Å². The highest BCUT2D eigenvalue weighted by molar-refractivity contribution is 7.86. The number of aliphatic hydroxyl groups is 6. The highest BCUT2D eigenvalue weighted by Gasteiger charge is 2.51. The maximum atomic E-state index is 12.4. The van der Waals surface area contributed by atoms with Gasteiger partial charge in [-0.2, -0.15) is 8.42 Å². The lowest BCUT2D eigenvalue weighted by Gasteiger charge is -2.48. The Morgan fingerprint density at radius 3 is 1.84 bits per heavy atom. The minimum absolute atomic E-state index is 0.0292. The minimum atomic E-state index is -3.94. The van der Waals surface area contributed by atoms with Gasteiger partial charge < -0.3 is 72.5 Å². The van der Waals surface area contributed by atoms with Crippen LogP contribution in [-0.4, -0.2) is 150 Å². The average Bonchev–Trinajstić information content (AvgIpc) is 2.98. The highest BCUT2D eigenvalue weighted by Crippen LogP contribution is 2.31. The first-order valence-corrected chi connectivity index (χ1v) is 16.8. The molecule has 0 unspecified atom stereocenters. The molecule has 2 aliphatic heterocycles. The first kappa shape index (κ1) is 37.8. The molecule has 0 aromatic heterocycles. The van der Waals surface area contributed by atoms with Crippen LogP contribution in [0.1, 0.15) is 51.9 Å². The fourth-order valence-electron chi connectivity index (χ4n) is 5.68. The topological polar surface area (TPSA) is 306 Å². The van der Waals surface area contributed by atoms with Crippen LogP contribution in [0.3, 0.4) is 0 Å². The Morgan fingerprint density at radius 2 is 1.25 bits per heavy atom. The van der Waals surface area contributed by atoms with Gasteiger partial charge in [-0.25, -0.2) is 0 Å². The number of ether oxygens (including phenoxy) is 4. The summed E-state index contributed by atoms with van der Waals surface area (Å²) >= 11 is 0. The van der Waals surface area contributed by atoms with E-state index in [1.54, 1.807) is 0 Å². The Bertz CT molecular complexity index is 968. The third-order valence-electron chi connectivity index (χ3n) is 8.46. The second-order valence-corrected chi connectivity index (χ2v) is 13.7. The second kappa shape index (κ2) is 17.0. The summed E-state index contributed by atoms with van der Waals surface area (Å²) < 4.78 is 52.7. The van der Waals surface area contributed by atoms with Crippen molar-refractivity contribution in [1.29, 1.82) is 0 Å². The highest BCUT2D eigenvalue weighted by atomic mass is 32.2. The summed E-state index contributed by atoms with van der Waals surface area (Å²) in [6, 6.07) is -3.13. The Morgan fingerprint density at radius 1 is 0.705 bits per heavy atom. The summed E-state index contributed by atoms with van der Waals surface area (Å²) in [6.07, 6.45) is -12.3. The van der Waals surface area contributed by atoms with Crippen LogP contribution >= 0.6 is 0 Å². The number of hydrogen-bond acceptors (Lipinski definition) is 17. The molecule has 1 saturated carbocycles. The van der Waals surface area contributed by atoms with Gasteiger partial charge in [0, 0.05) is 18.6 Å². The van der Waals surface area contributed by atoms with E-state index in [0.29, 0.717) is 6.42 Å². The van der Waals surface area contributed by atoms with Gasteiger partial charge >= 0.3 is 0 Å². The van der Waals surface area contributed by atoms with Gasteiger partial charge in [0.2, 0.25) is 0 Å². The zero-order valence-electron chi connectivity index (χ0n) is 25.0. The maximum Gasteiger partial charge on any atom is 0.267 e. The Balaban J connectivity index is 1.62. The molecule has 0 aromatic carbocycles. The Hall–Kier alpha value is -0.650. The Kier molecular flexibility index (Phi) is 14.6. The predicted molar refractivity (Wildman–Crippen MR) is 154 cm³/mol. The molecule has 14 N–H and O–H groups in total. The van der Waals surface area contributed by atoms with Gasteiger partial charge in [0.05, 0.1) is 18.4 Å². The molecular weight excluding hydrogens is 608 g/mol. The third kappa shape index (κ3) is 9.46. The number of unbranched alkanes of at least 4 members (excludes halogenated alkanes) is 5. The zero-order chi connectivity index (χ0) is 32.8. The standard InChI is InChI=1S/C26H52N4O13S/c1-2-3-4-5-6-7-8-44(37,38)39-11-15-17(31)16(30)19(33)25(41-15)42-23-12(28)9-13(29)24(22(23)36)43-26-21(35)20(34)18(32)14(10-27)40-26/h12-26,31-36H,2-11,27-30H2,1H3/t12-,13+,14-,15-,16+,17-,18-,19-,20+,21-,22-,23+,24-,25-,26-/m1/s1. The van der Waals surface area contributed by atoms with Crippen LogP contribution in [0, 0.1) is 0 Å². The van der Waals surface area contributed by atoms with Crippen molar-refractivity contribution in [3.05, 3.63) is 0 Å². The van der Waals surface area contributed by atoms with Gasteiger partial charge in [-0.3, -0.25) is 4.18 Å². The SMILES string of the molecule is CCCCCCCCS(=O)(=O)OC[C@H]1O[C@H](O[C@@H]2[C@@H](O)[C@H](O[C@H]3O[C@H](CN)[C@@H](O)[C@H](O)[C@H]3O)[C@@H](N)C[C@H]2N)[C@H](O)[C@@H](N)[C@@H]1O. The summed E-state index contributed by atoms with van der Waals surface area (Å²) in [7, 11) is -3.94. The van der Waals surface area contributed by atoms with Crippen molar-refractivity contribution in [2.75, 3.05) is 18.9 Å². The molecule has 0 amide bonds. The second-order valence-electron chi connectivity index (χ2n) is 11.9. The molecule has 17 nitrogen and oxygen atoms in total. The summed E-state index contributed by atoms with van der Waals surface area (Å²) in [5.74, 6) is -0.206. The molecule has 3 fully saturated rings. The minimum Gasteiger partial charge on any atom is -0.389 e. The van der Waals surface area contributed by atoms with Crippen molar-refractivity contribution in [3.8, 4) is 0 Å². The fraction of sp³-hybridized carbons (Fsp3) is 1.00. The number of aliphatic hydroxyl groups excluding tert-OH is 6. The van der Waals surface area contributed by atoms with E-state index in [2.05, 4.69) is 6.92 Å². The van der Waals surface area contributed by atoms with Crippen molar-refractivity contribution in [2.24, 2.45) is 22.9 Å². The monoisotopic (exact) mass is 660 g/mol. The van der Waals surface area contributed by atoms with Crippen LogP contribution in [0.25, 0.3) is 0 Å². The average molecular weight is 661 g/mol. The van der Waals surface area contributed by atoms with Gasteiger partial charge in [-0.1, -0.05) is 39.0 Å². The molecule has 3 rings (SSSR count). The van der Waals surface area contributed by atoms with E-state index in [-0.39, 0.29) is 18.7 Å². The fourth-order valence-corrected chi connectivity index (χ4v) is 6.69. The molecule has 3 aliphatic rings. The first-order valence-electron chi connectivity index (χ1n) is 15.3. The van der Waals surface area contributed by atoms with Gasteiger partial charge in [0.25, 0.3) is 10.1 Å². The van der Waals surface area contributed by atoms with E-state index < -0.39 is 108 Å². The summed E-state index contributed by atoms with van der Waals surface area (Å²) in [4.78, 5) is 0. The summed E-state index contributed by atoms with van der Waals surface area (Å²) in [6.45, 7) is 1.29. The molecule has 0 bridgehead atoms. The summed E-state index contributed by atoms with van der Waals surface area (Å²) in [5.41, 5.74) is 24.0. The Labute approximate surface area is 257 Å². The summed E-state index contributed by atoms with van der Waals surface area (Å²) in [5, 5.41) is 63.1. The van der Waals surface area contributed by atoms with Crippen molar-refractivity contribution in [1.82, 2.24) is 0 Å². The van der Waals surface area contributed by atoms with Crippen LogP contribution < -0.4 is 22.9 Å². The van der Waals surface area contributed by atoms with Crippen LogP contribution in [0.4, 0.5) is 0 Å². The van der Waals surface area contributed by atoms with Crippen molar-refractivity contribution < 1.29 is 62.2 Å². The smallest absolute Gasteiger partial charge is 0.267 e. The maximum absolute atomic E-state index is 12.4. The van der Waals surface area contributed by atoms with Crippen molar-refractivity contribution in [2.45, 2.75) is 144 Å². The molecule has 0 radical (unpaired) electrons. The molecule has 2 saturated heterocycles. The van der Waals surface area contributed by atoms with E-state index >= 15 is 0 Å². The molecule has 260 valence electrons. The molecule has 0 spiro atoms. The van der Waals surface area contributed by atoms with Crippen molar-refractivity contribution >= 4 is 10.1 Å². The van der Waals surface area contributed by atoms with Crippen LogP contribution in [0.15, 0.2) is 0 Å². The van der Waals surface area contributed by atoms with Crippen LogP contribution in [0.2, 0.25) is 0 Å². The molecule has 15 atom stereocenters. The lowest BCUT2D eigenvalue weighted by molar-refractivity contribution is -0.331. The predicted octanol–water partition coefficient (Wildman–Crippen LogP) is -4.58. The molecule has 1 aliphatic carbocycles. The quantitative estimate of drug-likeness (QED) is 0.0584. The normalized spacial score (nSPS) is 43.7. The van der Waals surface area contributed by atoms with Gasteiger partial charge in [0.15, 0.2) is 12.6 Å². The molecular formula is C26H52N4O13S. The van der Waals surface area contributed by atoms with Crippen LogP contribution in [0.5, 0.6) is 0 Å². The largest absolute Gasteiger partial charge is 0.389 e. The molecule has 2 heterocycles. The lowest BCUT2D eigenvalue weighted by Crippen LogP contribution is -2.68.